The number of hydrogen-bond donors (Lipinski definition) is 2. The number of benzene rings is 2. The molecular weight excluding hydrogens is 442 g/mol. The van der Waals surface area contributed by atoms with E-state index in [0.717, 1.165) is 40.8 Å². The number of carbonyl (C=O) groups excluding carboxylic acids is 3. The van der Waals surface area contributed by atoms with Gasteiger partial charge in [0.15, 0.2) is 0 Å². The molecule has 1 aromatic heterocycles. The lowest BCUT2D eigenvalue weighted by atomic mass is 9.97. The fraction of sp³-hybridized carbons (Fsp3) is 0.333. The van der Waals surface area contributed by atoms with Crippen molar-refractivity contribution in [3.63, 3.8) is 0 Å². The number of nitrogens with zero attached hydrogens (tertiary/aromatic N) is 3. The average molecular weight is 472 g/mol. The third-order valence-corrected chi connectivity index (χ3v) is 6.96. The average Bonchev–Trinajstić information content (AvgIpc) is 3.23. The highest BCUT2D eigenvalue weighted by molar-refractivity contribution is 6.07. The highest BCUT2D eigenvalue weighted by Crippen LogP contribution is 2.36. The fourth-order valence-corrected chi connectivity index (χ4v) is 5.10. The second-order valence-electron chi connectivity index (χ2n) is 9.94. The zero-order valence-corrected chi connectivity index (χ0v) is 20.2. The van der Waals surface area contributed by atoms with Crippen molar-refractivity contribution < 1.29 is 14.4 Å². The van der Waals surface area contributed by atoms with Gasteiger partial charge in [0.2, 0.25) is 12.3 Å². The first-order valence-corrected chi connectivity index (χ1v) is 11.8. The molecule has 35 heavy (non-hydrogen) atoms. The largest absolute Gasteiger partial charge is 0.370 e. The summed E-state index contributed by atoms with van der Waals surface area (Å²) in [4.78, 5) is 44.2. The lowest BCUT2D eigenvalue weighted by Crippen LogP contribution is -2.53. The van der Waals surface area contributed by atoms with Crippen LogP contribution in [-0.2, 0) is 33.8 Å². The van der Waals surface area contributed by atoms with E-state index in [-0.39, 0.29) is 24.4 Å². The molecule has 2 aromatic carbocycles. The Labute approximate surface area is 204 Å². The van der Waals surface area contributed by atoms with Crippen molar-refractivity contribution in [3.05, 3.63) is 65.4 Å². The number of imide groups is 1. The standard InChI is InChI=1S/C27H29N5O3/c1-27(2)26(35)32(24-7-5-4-6-22(24)30-27)14-20-9-8-17-10-18-11-21(12-19(18)13-23(17)29-20)31(3)15-25(34)28-16-33/h4-10,13,16,21,30H,11-12,14-15H2,1-3H3,(H,28,33,34). The number of hydrogen-bond acceptors (Lipinski definition) is 6. The molecule has 8 heteroatoms. The van der Waals surface area contributed by atoms with Crippen molar-refractivity contribution in [1.82, 2.24) is 15.2 Å². The normalized spacial score (nSPS) is 18.2. The highest BCUT2D eigenvalue weighted by Gasteiger charge is 2.38. The monoisotopic (exact) mass is 471 g/mol. The summed E-state index contributed by atoms with van der Waals surface area (Å²) < 4.78 is 0. The summed E-state index contributed by atoms with van der Waals surface area (Å²) in [5, 5.41) is 6.59. The summed E-state index contributed by atoms with van der Waals surface area (Å²) in [6.45, 7) is 4.36. The van der Waals surface area contributed by atoms with E-state index >= 15 is 0 Å². The van der Waals surface area contributed by atoms with Crippen LogP contribution in [0.5, 0.6) is 0 Å². The van der Waals surface area contributed by atoms with Gasteiger partial charge in [-0.05, 0) is 75.2 Å². The molecule has 8 nitrogen and oxygen atoms in total. The van der Waals surface area contributed by atoms with E-state index in [1.807, 2.05) is 61.0 Å². The van der Waals surface area contributed by atoms with Crippen LogP contribution in [0.3, 0.4) is 0 Å². The van der Waals surface area contributed by atoms with E-state index < -0.39 is 5.54 Å². The third-order valence-electron chi connectivity index (χ3n) is 6.96. The second-order valence-corrected chi connectivity index (χ2v) is 9.94. The Bertz CT molecular complexity index is 1340. The Morgan fingerprint density at radius 1 is 1.20 bits per heavy atom. The number of carbonyl (C=O) groups is 3. The predicted molar refractivity (Wildman–Crippen MR) is 135 cm³/mol. The molecule has 0 fully saturated rings. The molecule has 1 aliphatic carbocycles. The molecule has 0 saturated heterocycles. The lowest BCUT2D eigenvalue weighted by molar-refractivity contribution is -0.126. The summed E-state index contributed by atoms with van der Waals surface area (Å²) in [5.41, 5.74) is 5.31. The Morgan fingerprint density at radius 3 is 2.71 bits per heavy atom. The van der Waals surface area contributed by atoms with Crippen molar-refractivity contribution in [3.8, 4) is 0 Å². The number of anilines is 2. The van der Waals surface area contributed by atoms with E-state index in [1.165, 1.54) is 11.1 Å². The van der Waals surface area contributed by atoms with Crippen LogP contribution in [0.15, 0.2) is 48.5 Å². The van der Waals surface area contributed by atoms with Gasteiger partial charge in [-0.2, -0.15) is 0 Å². The van der Waals surface area contributed by atoms with Crippen molar-refractivity contribution in [1.29, 1.82) is 0 Å². The summed E-state index contributed by atoms with van der Waals surface area (Å²) >= 11 is 0. The van der Waals surface area contributed by atoms with Crippen LogP contribution in [0, 0.1) is 0 Å². The van der Waals surface area contributed by atoms with Crippen molar-refractivity contribution in [2.75, 3.05) is 23.8 Å². The lowest BCUT2D eigenvalue weighted by Gasteiger charge is -2.39. The number of aromatic nitrogens is 1. The zero-order valence-electron chi connectivity index (χ0n) is 20.2. The maximum absolute atomic E-state index is 13.2. The highest BCUT2D eigenvalue weighted by atomic mass is 16.2. The zero-order chi connectivity index (χ0) is 24.7. The molecular formula is C27H29N5O3. The van der Waals surface area contributed by atoms with Crippen LogP contribution >= 0.6 is 0 Å². The summed E-state index contributed by atoms with van der Waals surface area (Å²) in [6.07, 6.45) is 2.09. The van der Waals surface area contributed by atoms with Gasteiger partial charge in [0.05, 0.1) is 35.7 Å². The molecule has 0 spiro atoms. The first-order chi connectivity index (χ1) is 16.7. The van der Waals surface area contributed by atoms with E-state index in [4.69, 9.17) is 4.98 Å². The minimum Gasteiger partial charge on any atom is -0.370 e. The molecule has 0 saturated carbocycles. The molecule has 0 bridgehead atoms. The molecule has 2 aliphatic rings. The minimum atomic E-state index is -0.699. The van der Waals surface area contributed by atoms with E-state index in [2.05, 4.69) is 28.8 Å². The maximum Gasteiger partial charge on any atom is 0.252 e. The summed E-state index contributed by atoms with van der Waals surface area (Å²) in [7, 11) is 1.90. The Balaban J connectivity index is 1.38. The fourth-order valence-electron chi connectivity index (χ4n) is 5.10. The molecule has 1 unspecified atom stereocenters. The number of likely N-dealkylation sites (N-methyl/N-ethyl adjacent to an activating group) is 1. The Kier molecular flexibility index (Phi) is 5.76. The van der Waals surface area contributed by atoms with Gasteiger partial charge in [0, 0.05) is 11.4 Å². The van der Waals surface area contributed by atoms with Gasteiger partial charge in [-0.15, -0.1) is 0 Å². The van der Waals surface area contributed by atoms with E-state index in [0.29, 0.717) is 13.0 Å². The molecule has 180 valence electrons. The molecule has 5 rings (SSSR count). The first-order valence-electron chi connectivity index (χ1n) is 11.8. The predicted octanol–water partition coefficient (Wildman–Crippen LogP) is 2.64. The Hall–Kier alpha value is -3.78. The molecule has 3 aromatic rings. The number of rotatable bonds is 6. The van der Waals surface area contributed by atoms with Gasteiger partial charge in [-0.3, -0.25) is 29.6 Å². The third kappa shape index (κ3) is 4.37. The van der Waals surface area contributed by atoms with Crippen LogP contribution in [-0.4, -0.2) is 53.3 Å². The quantitative estimate of drug-likeness (QED) is 0.537. The molecule has 0 radical (unpaired) electrons. The Morgan fingerprint density at radius 2 is 1.94 bits per heavy atom. The molecule has 3 amide bonds. The van der Waals surface area contributed by atoms with Gasteiger partial charge in [-0.25, -0.2) is 0 Å². The van der Waals surface area contributed by atoms with Gasteiger partial charge in [0.1, 0.15) is 5.54 Å². The van der Waals surface area contributed by atoms with Crippen LogP contribution in [0.4, 0.5) is 11.4 Å². The number of nitrogens with one attached hydrogen (secondary N) is 2. The first kappa shape index (κ1) is 23.0. The SMILES string of the molecule is CN(CC(=O)NC=O)C1Cc2cc3ccc(CN4C(=O)C(C)(C)Nc5ccccc54)nc3cc2C1. The van der Waals surface area contributed by atoms with Gasteiger partial charge in [-0.1, -0.05) is 18.2 Å². The van der Waals surface area contributed by atoms with Gasteiger partial charge >= 0.3 is 0 Å². The number of para-hydroxylation sites is 2. The van der Waals surface area contributed by atoms with Crippen LogP contribution < -0.4 is 15.5 Å². The van der Waals surface area contributed by atoms with Crippen LogP contribution in [0.1, 0.15) is 30.7 Å². The maximum atomic E-state index is 13.2. The summed E-state index contributed by atoms with van der Waals surface area (Å²) in [6, 6.07) is 16.4. The number of fused-ring (bicyclic) bond motifs is 3. The number of pyridine rings is 1. The number of amides is 3. The summed E-state index contributed by atoms with van der Waals surface area (Å²) in [5.74, 6) is -0.293. The van der Waals surface area contributed by atoms with E-state index in [9.17, 15) is 14.4 Å². The van der Waals surface area contributed by atoms with Crippen LogP contribution in [0.25, 0.3) is 10.9 Å². The minimum absolute atomic E-state index is 0.0107. The smallest absolute Gasteiger partial charge is 0.252 e. The second kappa shape index (κ2) is 8.78. The van der Waals surface area contributed by atoms with Crippen molar-refractivity contribution >= 4 is 40.5 Å². The van der Waals surface area contributed by atoms with E-state index in [1.54, 1.807) is 0 Å². The molecule has 2 heterocycles. The molecule has 1 aliphatic heterocycles. The molecule has 1 atom stereocenters. The van der Waals surface area contributed by atoms with Crippen molar-refractivity contribution in [2.45, 2.75) is 44.8 Å². The van der Waals surface area contributed by atoms with Crippen molar-refractivity contribution in [2.24, 2.45) is 0 Å². The van der Waals surface area contributed by atoms with Gasteiger partial charge in [0.25, 0.3) is 5.91 Å². The van der Waals surface area contributed by atoms with Crippen LogP contribution in [0.2, 0.25) is 0 Å². The van der Waals surface area contributed by atoms with Gasteiger partial charge < -0.3 is 10.2 Å². The molecule has 2 N–H and O–H groups in total. The topological polar surface area (TPSA) is 94.6 Å².